The maximum Gasteiger partial charge on any atom is 0.0256 e. The first-order chi connectivity index (χ1) is 16.1. The van der Waals surface area contributed by atoms with Crippen LogP contribution in [0.3, 0.4) is 0 Å². The number of fused-ring (bicyclic) bond motifs is 7. The molecule has 1 heteroatoms. The van der Waals surface area contributed by atoms with Crippen LogP contribution >= 0.6 is 15.9 Å². The topological polar surface area (TPSA) is 0 Å². The van der Waals surface area contributed by atoms with E-state index in [0.29, 0.717) is 0 Å². The van der Waals surface area contributed by atoms with Crippen LogP contribution in [0.4, 0.5) is 0 Å². The third-order valence-corrected chi connectivity index (χ3v) is 10.3. The first kappa shape index (κ1) is 21.9. The summed E-state index contributed by atoms with van der Waals surface area (Å²) in [6, 6.07) is 29.5. The number of benzene rings is 5. The summed E-state index contributed by atoms with van der Waals surface area (Å²) in [4.78, 5) is 0. The Morgan fingerprint density at radius 1 is 0.500 bits per heavy atom. The van der Waals surface area contributed by atoms with E-state index < -0.39 is 0 Å². The molecular weight excluding hydrogens is 476 g/mol. The van der Waals surface area contributed by atoms with Gasteiger partial charge < -0.3 is 0 Å². The van der Waals surface area contributed by atoms with Crippen LogP contribution in [0.2, 0.25) is 0 Å². The molecule has 0 radical (unpaired) electrons. The Kier molecular flexibility index (Phi) is 4.47. The van der Waals surface area contributed by atoms with Crippen LogP contribution in [0.25, 0.3) is 43.4 Å². The van der Waals surface area contributed by atoms with Crippen molar-refractivity contribution >= 4 is 48.2 Å². The maximum atomic E-state index is 3.97. The van der Waals surface area contributed by atoms with Crippen LogP contribution in [-0.2, 0) is 10.8 Å². The monoisotopic (exact) mass is 506 g/mol. The van der Waals surface area contributed by atoms with E-state index in [1.165, 1.54) is 59.0 Å². The fraction of sp³-hybridized carbons (Fsp3) is 0.273. The van der Waals surface area contributed by atoms with E-state index in [9.17, 15) is 0 Å². The second-order valence-electron chi connectivity index (χ2n) is 11.6. The van der Waals surface area contributed by atoms with Gasteiger partial charge in [0.25, 0.3) is 0 Å². The summed E-state index contributed by atoms with van der Waals surface area (Å²) in [6.07, 6.45) is 0. The zero-order chi connectivity index (χ0) is 24.0. The van der Waals surface area contributed by atoms with Crippen molar-refractivity contribution in [3.8, 4) is 11.1 Å². The summed E-state index contributed by atoms with van der Waals surface area (Å²) in [5.74, 6) is 0. The van der Waals surface area contributed by atoms with E-state index in [4.69, 9.17) is 0 Å². The van der Waals surface area contributed by atoms with Gasteiger partial charge in [-0.25, -0.2) is 0 Å². The number of hydrogen-bond acceptors (Lipinski definition) is 0. The molecule has 0 aromatic heterocycles. The highest BCUT2D eigenvalue weighted by Crippen LogP contribution is 2.62. The molecule has 1 aliphatic carbocycles. The Bertz CT molecular complexity index is 1600. The molecule has 0 spiro atoms. The fourth-order valence-electron chi connectivity index (χ4n) is 6.36. The second-order valence-corrected chi connectivity index (χ2v) is 12.5. The Labute approximate surface area is 211 Å². The minimum Gasteiger partial charge on any atom is -0.0616 e. The SMILES string of the molecule is CC1(C)c2cc(Br)c(-c3ccc4c5ccccc5c5ccccc5c4c3)cc2C(C)(C)C1(C)C. The lowest BCUT2D eigenvalue weighted by molar-refractivity contribution is 0.125. The largest absolute Gasteiger partial charge is 0.0616 e. The lowest BCUT2D eigenvalue weighted by Crippen LogP contribution is -2.42. The van der Waals surface area contributed by atoms with Crippen LogP contribution in [0.15, 0.2) is 83.3 Å². The van der Waals surface area contributed by atoms with Gasteiger partial charge >= 0.3 is 0 Å². The predicted octanol–water partition coefficient (Wildman–Crippen LogP) is 10.2. The van der Waals surface area contributed by atoms with Gasteiger partial charge in [0.05, 0.1) is 0 Å². The highest BCUT2D eigenvalue weighted by molar-refractivity contribution is 9.10. The number of halogens is 1. The molecule has 34 heavy (non-hydrogen) atoms. The summed E-state index contributed by atoms with van der Waals surface area (Å²) < 4.78 is 1.18. The molecule has 6 rings (SSSR count). The molecule has 0 atom stereocenters. The van der Waals surface area contributed by atoms with Gasteiger partial charge in [-0.05, 0) is 89.0 Å². The van der Waals surface area contributed by atoms with Gasteiger partial charge in [-0.15, -0.1) is 0 Å². The molecule has 0 N–H and O–H groups in total. The van der Waals surface area contributed by atoms with Crippen molar-refractivity contribution in [3.63, 3.8) is 0 Å². The Balaban J connectivity index is 1.65. The average Bonchev–Trinajstić information content (AvgIpc) is 2.92. The smallest absolute Gasteiger partial charge is 0.0256 e. The normalized spacial score (nSPS) is 18.0. The zero-order valence-electron chi connectivity index (χ0n) is 20.9. The van der Waals surface area contributed by atoms with Crippen LogP contribution < -0.4 is 0 Å². The van der Waals surface area contributed by atoms with E-state index >= 15 is 0 Å². The van der Waals surface area contributed by atoms with Gasteiger partial charge in [0, 0.05) is 4.47 Å². The molecule has 0 unspecified atom stereocenters. The molecular formula is C33H31Br. The molecule has 0 fully saturated rings. The van der Waals surface area contributed by atoms with Gasteiger partial charge in [0.15, 0.2) is 0 Å². The van der Waals surface area contributed by atoms with Crippen molar-refractivity contribution < 1.29 is 0 Å². The minimum atomic E-state index is 0.0844. The molecule has 170 valence electrons. The molecule has 0 heterocycles. The summed E-state index contributed by atoms with van der Waals surface area (Å²) >= 11 is 3.97. The van der Waals surface area contributed by atoms with E-state index in [1.54, 1.807) is 0 Å². The molecule has 5 aromatic rings. The van der Waals surface area contributed by atoms with Crippen LogP contribution in [0.1, 0.15) is 52.7 Å². The lowest BCUT2D eigenvalue weighted by Gasteiger charge is -2.44. The van der Waals surface area contributed by atoms with Crippen LogP contribution in [-0.4, -0.2) is 0 Å². The molecule has 0 amide bonds. The molecule has 5 aromatic carbocycles. The van der Waals surface area contributed by atoms with Gasteiger partial charge in [-0.2, -0.15) is 0 Å². The maximum absolute atomic E-state index is 3.97. The molecule has 0 aliphatic heterocycles. The van der Waals surface area contributed by atoms with Crippen LogP contribution in [0, 0.1) is 5.41 Å². The zero-order valence-corrected chi connectivity index (χ0v) is 22.5. The van der Waals surface area contributed by atoms with Gasteiger partial charge in [0.2, 0.25) is 0 Å². The summed E-state index contributed by atoms with van der Waals surface area (Å²) in [7, 11) is 0. The predicted molar refractivity (Wildman–Crippen MR) is 152 cm³/mol. The van der Waals surface area contributed by atoms with Gasteiger partial charge in [-0.3, -0.25) is 0 Å². The molecule has 1 aliphatic rings. The number of rotatable bonds is 1. The molecule has 0 saturated heterocycles. The van der Waals surface area contributed by atoms with Crippen molar-refractivity contribution in [2.75, 3.05) is 0 Å². The average molecular weight is 508 g/mol. The van der Waals surface area contributed by atoms with Gasteiger partial charge in [-0.1, -0.05) is 118 Å². The first-order valence-corrected chi connectivity index (χ1v) is 13.0. The minimum absolute atomic E-state index is 0.0844. The number of hydrogen-bond donors (Lipinski definition) is 0. The van der Waals surface area contributed by atoms with Crippen molar-refractivity contribution in [2.45, 2.75) is 52.4 Å². The van der Waals surface area contributed by atoms with Gasteiger partial charge in [0.1, 0.15) is 0 Å². The lowest BCUT2D eigenvalue weighted by atomic mass is 9.59. The van der Waals surface area contributed by atoms with Crippen molar-refractivity contribution in [2.24, 2.45) is 5.41 Å². The summed E-state index contributed by atoms with van der Waals surface area (Å²) in [6.45, 7) is 14.5. The Morgan fingerprint density at radius 2 is 0.941 bits per heavy atom. The molecule has 0 saturated carbocycles. The first-order valence-electron chi connectivity index (χ1n) is 12.2. The third-order valence-electron chi connectivity index (χ3n) is 9.63. The highest BCUT2D eigenvalue weighted by Gasteiger charge is 2.56. The van der Waals surface area contributed by atoms with Crippen molar-refractivity contribution in [1.82, 2.24) is 0 Å². The second kappa shape index (κ2) is 6.95. The fourth-order valence-corrected chi connectivity index (χ4v) is 6.93. The Morgan fingerprint density at radius 3 is 1.47 bits per heavy atom. The summed E-state index contributed by atoms with van der Waals surface area (Å²) in [5, 5.41) is 7.92. The van der Waals surface area contributed by atoms with E-state index in [-0.39, 0.29) is 16.2 Å². The van der Waals surface area contributed by atoms with E-state index in [1.807, 2.05) is 0 Å². The van der Waals surface area contributed by atoms with E-state index in [2.05, 4.69) is 136 Å². The standard InChI is InChI=1S/C33H31Br/c1-31(2)28-18-26(30(34)19-29(28)32(3,4)33(31,5)6)20-15-16-25-23-13-8-7-11-21(23)22-12-9-10-14-24(22)27(25)17-20/h7-19H,1-6H3. The van der Waals surface area contributed by atoms with Crippen LogP contribution in [0.5, 0.6) is 0 Å². The molecule has 0 bridgehead atoms. The quantitative estimate of drug-likeness (QED) is 0.198. The molecule has 0 nitrogen and oxygen atoms in total. The van der Waals surface area contributed by atoms with Crippen molar-refractivity contribution in [1.29, 1.82) is 0 Å². The highest BCUT2D eigenvalue weighted by atomic mass is 79.9. The van der Waals surface area contributed by atoms with Crippen molar-refractivity contribution in [3.05, 3.63) is 94.5 Å². The third kappa shape index (κ3) is 2.65. The van der Waals surface area contributed by atoms with E-state index in [0.717, 1.165) is 0 Å². The Hall–Kier alpha value is -2.64. The summed E-state index contributed by atoms with van der Waals surface area (Å²) in [5.41, 5.74) is 5.82.